The minimum Gasteiger partial charge on any atom is -0.207 e. The second-order valence-corrected chi connectivity index (χ2v) is 6.31. The van der Waals surface area contributed by atoms with Crippen molar-refractivity contribution in [3.05, 3.63) is 29.8 Å². The summed E-state index contributed by atoms with van der Waals surface area (Å²) in [5.41, 5.74) is 0. The van der Waals surface area contributed by atoms with Crippen LogP contribution in [0.3, 0.4) is 0 Å². The van der Waals surface area contributed by atoms with Crippen LogP contribution in [0, 0.1) is 11.6 Å². The van der Waals surface area contributed by atoms with E-state index in [4.69, 9.17) is 11.6 Å². The highest BCUT2D eigenvalue weighted by atomic mass is 35.5. The number of nitrogens with zero attached hydrogens (tertiary/aromatic N) is 1. The SMILES string of the molecule is CCCCN(CCCl)S(=O)(=O)c1cc(F)ccc1F. The van der Waals surface area contributed by atoms with Gasteiger partial charge in [0, 0.05) is 19.0 Å². The number of benzene rings is 1. The van der Waals surface area contributed by atoms with E-state index in [9.17, 15) is 17.2 Å². The van der Waals surface area contributed by atoms with Gasteiger partial charge in [-0.05, 0) is 24.6 Å². The largest absolute Gasteiger partial charge is 0.246 e. The molecule has 0 N–H and O–H groups in total. The van der Waals surface area contributed by atoms with Gasteiger partial charge >= 0.3 is 0 Å². The maximum atomic E-state index is 13.6. The van der Waals surface area contributed by atoms with Crippen LogP contribution in [0.4, 0.5) is 8.78 Å². The number of sulfonamides is 1. The summed E-state index contributed by atoms with van der Waals surface area (Å²) in [5.74, 6) is -1.65. The normalized spacial score (nSPS) is 12.1. The summed E-state index contributed by atoms with van der Waals surface area (Å²) in [5, 5.41) is 0. The molecule has 0 fully saturated rings. The highest BCUT2D eigenvalue weighted by Crippen LogP contribution is 2.21. The van der Waals surface area contributed by atoms with Gasteiger partial charge in [0.05, 0.1) is 0 Å². The zero-order valence-electron chi connectivity index (χ0n) is 10.6. The minimum absolute atomic E-state index is 0.0693. The predicted octanol–water partition coefficient (Wildman–Crippen LogP) is 2.99. The lowest BCUT2D eigenvalue weighted by Crippen LogP contribution is -2.34. The molecule has 19 heavy (non-hydrogen) atoms. The lowest BCUT2D eigenvalue weighted by atomic mass is 10.3. The fraction of sp³-hybridized carbons (Fsp3) is 0.500. The molecule has 1 rings (SSSR count). The van der Waals surface area contributed by atoms with Gasteiger partial charge in [-0.3, -0.25) is 0 Å². The van der Waals surface area contributed by atoms with Gasteiger partial charge in [-0.1, -0.05) is 13.3 Å². The van der Waals surface area contributed by atoms with Crippen molar-refractivity contribution < 1.29 is 17.2 Å². The Bertz CT molecular complexity index is 522. The standard InChI is InChI=1S/C12H16ClF2NO2S/c1-2-3-7-16(8-6-13)19(17,18)12-9-10(14)4-5-11(12)15/h4-5,9H,2-3,6-8H2,1H3. The molecule has 0 aliphatic carbocycles. The van der Waals surface area contributed by atoms with Crippen molar-refractivity contribution in [1.29, 1.82) is 0 Å². The monoisotopic (exact) mass is 311 g/mol. The van der Waals surface area contributed by atoms with Crippen LogP contribution >= 0.6 is 11.6 Å². The first-order chi connectivity index (χ1) is 8.93. The summed E-state index contributed by atoms with van der Waals surface area (Å²) in [7, 11) is -4.05. The Kier molecular flexibility index (Phi) is 6.16. The topological polar surface area (TPSA) is 37.4 Å². The molecule has 0 amide bonds. The van der Waals surface area contributed by atoms with Gasteiger partial charge in [0.25, 0.3) is 0 Å². The second kappa shape index (κ2) is 7.17. The van der Waals surface area contributed by atoms with E-state index in [0.29, 0.717) is 12.5 Å². The minimum atomic E-state index is -4.05. The van der Waals surface area contributed by atoms with Crippen LogP contribution in [0.2, 0.25) is 0 Å². The van der Waals surface area contributed by atoms with E-state index >= 15 is 0 Å². The van der Waals surface area contributed by atoms with E-state index in [1.807, 2.05) is 6.92 Å². The van der Waals surface area contributed by atoms with E-state index < -0.39 is 26.6 Å². The van der Waals surface area contributed by atoms with Gasteiger partial charge in [0.15, 0.2) is 0 Å². The number of halogens is 3. The number of hydrogen-bond donors (Lipinski definition) is 0. The van der Waals surface area contributed by atoms with Crippen LogP contribution in [0.25, 0.3) is 0 Å². The molecule has 7 heteroatoms. The maximum Gasteiger partial charge on any atom is 0.246 e. The number of unbranched alkanes of at least 4 members (excludes halogenated alkanes) is 1. The van der Waals surface area contributed by atoms with Crippen molar-refractivity contribution in [1.82, 2.24) is 4.31 Å². The third kappa shape index (κ3) is 4.12. The van der Waals surface area contributed by atoms with Crippen molar-refractivity contribution >= 4 is 21.6 Å². The first-order valence-corrected chi connectivity index (χ1v) is 7.92. The van der Waals surface area contributed by atoms with Crippen LogP contribution in [0.1, 0.15) is 19.8 Å². The molecule has 0 heterocycles. The van der Waals surface area contributed by atoms with Gasteiger partial charge in [-0.25, -0.2) is 17.2 Å². The molecule has 0 unspecified atom stereocenters. The summed E-state index contributed by atoms with van der Waals surface area (Å²) in [6.07, 6.45) is 1.42. The average molecular weight is 312 g/mol. The van der Waals surface area contributed by atoms with Crippen LogP contribution in [0.15, 0.2) is 23.1 Å². The Balaban J connectivity index is 3.14. The van der Waals surface area contributed by atoms with E-state index in [2.05, 4.69) is 0 Å². The summed E-state index contributed by atoms with van der Waals surface area (Å²) in [4.78, 5) is -0.645. The quantitative estimate of drug-likeness (QED) is 0.726. The van der Waals surface area contributed by atoms with Crippen molar-refractivity contribution in [3.63, 3.8) is 0 Å². The molecule has 0 aliphatic heterocycles. The molecule has 0 spiro atoms. The molecule has 1 aromatic carbocycles. The van der Waals surface area contributed by atoms with Crippen LogP contribution in [-0.4, -0.2) is 31.7 Å². The predicted molar refractivity (Wildman–Crippen MR) is 70.7 cm³/mol. The van der Waals surface area contributed by atoms with Crippen molar-refractivity contribution in [2.45, 2.75) is 24.7 Å². The Hall–Kier alpha value is -0.720. The third-order valence-electron chi connectivity index (χ3n) is 2.61. The highest BCUT2D eigenvalue weighted by molar-refractivity contribution is 7.89. The molecular formula is C12H16ClF2NO2S. The molecule has 0 saturated heterocycles. The lowest BCUT2D eigenvalue weighted by Gasteiger charge is -2.21. The van der Waals surface area contributed by atoms with Crippen LogP contribution in [0.5, 0.6) is 0 Å². The summed E-state index contributed by atoms with van der Waals surface area (Å²) >= 11 is 5.57. The van der Waals surface area contributed by atoms with Gasteiger partial charge in [0.1, 0.15) is 16.5 Å². The highest BCUT2D eigenvalue weighted by Gasteiger charge is 2.27. The van der Waals surface area contributed by atoms with E-state index in [1.165, 1.54) is 0 Å². The van der Waals surface area contributed by atoms with Crippen LogP contribution in [-0.2, 0) is 10.0 Å². The van der Waals surface area contributed by atoms with Crippen LogP contribution < -0.4 is 0 Å². The average Bonchev–Trinajstić information content (AvgIpc) is 2.37. The number of alkyl halides is 1. The Labute approximate surface area is 117 Å². The van der Waals surface area contributed by atoms with E-state index in [-0.39, 0.29) is 19.0 Å². The molecular weight excluding hydrogens is 296 g/mol. The summed E-state index contributed by atoms with van der Waals surface area (Å²) in [6.45, 7) is 2.22. The Morgan fingerprint density at radius 1 is 1.26 bits per heavy atom. The molecule has 0 bridgehead atoms. The first kappa shape index (κ1) is 16.3. The van der Waals surface area contributed by atoms with Gasteiger partial charge in [-0.2, -0.15) is 4.31 Å². The molecule has 0 aliphatic rings. The molecule has 0 atom stereocenters. The first-order valence-electron chi connectivity index (χ1n) is 5.94. The van der Waals surface area contributed by atoms with Gasteiger partial charge in [0.2, 0.25) is 10.0 Å². The Morgan fingerprint density at radius 2 is 1.95 bits per heavy atom. The van der Waals surface area contributed by atoms with Crippen molar-refractivity contribution in [2.75, 3.05) is 19.0 Å². The molecule has 0 aromatic heterocycles. The molecule has 3 nitrogen and oxygen atoms in total. The third-order valence-corrected chi connectivity index (χ3v) is 4.69. The fourth-order valence-electron chi connectivity index (χ4n) is 1.59. The molecule has 108 valence electrons. The maximum absolute atomic E-state index is 13.6. The number of hydrogen-bond acceptors (Lipinski definition) is 2. The summed E-state index contributed by atoms with van der Waals surface area (Å²) in [6, 6.07) is 2.38. The molecule has 1 aromatic rings. The van der Waals surface area contributed by atoms with Gasteiger partial charge < -0.3 is 0 Å². The van der Waals surface area contributed by atoms with E-state index in [0.717, 1.165) is 22.9 Å². The molecule has 0 saturated carbocycles. The lowest BCUT2D eigenvalue weighted by molar-refractivity contribution is 0.416. The summed E-state index contributed by atoms with van der Waals surface area (Å²) < 4.78 is 52.3. The zero-order valence-corrected chi connectivity index (χ0v) is 12.1. The smallest absolute Gasteiger partial charge is 0.207 e. The fourth-order valence-corrected chi connectivity index (χ4v) is 3.45. The number of rotatable bonds is 7. The van der Waals surface area contributed by atoms with Crippen molar-refractivity contribution in [2.24, 2.45) is 0 Å². The second-order valence-electron chi connectivity index (χ2n) is 4.02. The zero-order chi connectivity index (χ0) is 14.5. The van der Waals surface area contributed by atoms with E-state index in [1.54, 1.807) is 0 Å². The molecule has 0 radical (unpaired) electrons. The van der Waals surface area contributed by atoms with Gasteiger partial charge in [-0.15, -0.1) is 11.6 Å². The Morgan fingerprint density at radius 3 is 2.53 bits per heavy atom. The van der Waals surface area contributed by atoms with Crippen molar-refractivity contribution in [3.8, 4) is 0 Å².